The first-order chi connectivity index (χ1) is 20.8. The van der Waals surface area contributed by atoms with Crippen LogP contribution in [-0.2, 0) is 35.6 Å². The van der Waals surface area contributed by atoms with Gasteiger partial charge in [-0.2, -0.15) is 0 Å². The normalized spacial score (nSPS) is 14.7. The van der Waals surface area contributed by atoms with Crippen molar-refractivity contribution >= 4 is 8.78 Å². The van der Waals surface area contributed by atoms with E-state index in [4.69, 9.17) is 0 Å². The zero-order chi connectivity index (χ0) is 28.5. The zero-order valence-corrected chi connectivity index (χ0v) is 26.9. The Morgan fingerprint density at radius 3 is 1.95 bits per heavy atom. The molecular weight excluding hydrogens is 584 g/mol. The van der Waals surface area contributed by atoms with Crippen molar-refractivity contribution in [1.82, 2.24) is 0 Å². The van der Waals surface area contributed by atoms with Crippen molar-refractivity contribution in [3.63, 3.8) is 0 Å². The predicted octanol–water partition coefficient (Wildman–Crippen LogP) is 10.2. The van der Waals surface area contributed by atoms with Gasteiger partial charge in [-0.15, -0.1) is 0 Å². The second kappa shape index (κ2) is 11.9. The van der Waals surface area contributed by atoms with Crippen molar-refractivity contribution in [2.75, 3.05) is 0 Å². The minimum atomic E-state index is -1.21. The second-order valence-corrected chi connectivity index (χ2v) is 14.6. The third-order valence-corrected chi connectivity index (χ3v) is 13.1. The predicted molar refractivity (Wildman–Crippen MR) is 176 cm³/mol. The van der Waals surface area contributed by atoms with E-state index in [2.05, 4.69) is 147 Å². The molecule has 0 nitrogen and oxygen atoms in total. The van der Waals surface area contributed by atoms with E-state index in [9.17, 15) is 0 Å². The van der Waals surface area contributed by atoms with E-state index >= 15 is 0 Å². The average Bonchev–Trinajstić information content (AvgIpc) is 3.70. The summed E-state index contributed by atoms with van der Waals surface area (Å²) in [7, 11) is 0. The summed E-state index contributed by atoms with van der Waals surface area (Å²) in [4.78, 5) is 0. The first-order valence-electron chi connectivity index (χ1n) is 15.3. The molecule has 0 radical (unpaired) electrons. The van der Waals surface area contributed by atoms with Crippen molar-refractivity contribution in [3.8, 4) is 22.3 Å². The average molecular weight is 619 g/mol. The molecular formula is C41H35Zr. The maximum absolute atomic E-state index is 2.55. The number of rotatable bonds is 7. The molecule has 0 amide bonds. The Labute approximate surface area is 261 Å². The molecule has 7 rings (SSSR count). The first kappa shape index (κ1) is 27.2. The molecule has 0 saturated carbocycles. The SMILES string of the molecule is CCc1ccc2c(c1)[CH]([Zr]=[C](c1ccccc1)c1ccccc1)c1c-2cc(-c2ccccc2)c(CC)c1C1=CC=CC1. The topological polar surface area (TPSA) is 0 Å². The summed E-state index contributed by atoms with van der Waals surface area (Å²) >= 11 is -1.21. The molecule has 5 aromatic rings. The van der Waals surface area contributed by atoms with Gasteiger partial charge in [0.2, 0.25) is 0 Å². The van der Waals surface area contributed by atoms with Crippen LogP contribution >= 0.6 is 0 Å². The van der Waals surface area contributed by atoms with Crippen molar-refractivity contribution in [2.45, 2.75) is 36.7 Å². The first-order valence-corrected chi connectivity index (χ1v) is 17.9. The van der Waals surface area contributed by atoms with Gasteiger partial charge in [0.1, 0.15) is 0 Å². The van der Waals surface area contributed by atoms with Crippen LogP contribution in [0.5, 0.6) is 0 Å². The van der Waals surface area contributed by atoms with Gasteiger partial charge in [0.15, 0.2) is 0 Å². The van der Waals surface area contributed by atoms with Crippen molar-refractivity contribution in [2.24, 2.45) is 0 Å². The Hall–Kier alpha value is -3.67. The molecule has 5 aromatic carbocycles. The second-order valence-electron chi connectivity index (χ2n) is 11.2. The summed E-state index contributed by atoms with van der Waals surface area (Å²) in [5.74, 6) is 0. The molecule has 1 heteroatoms. The molecule has 42 heavy (non-hydrogen) atoms. The van der Waals surface area contributed by atoms with Crippen LogP contribution in [0, 0.1) is 0 Å². The standard InChI is InChI=1S/C28H25.C13H10.Zr/c1-3-19-14-15-24-22(16-19)17-27-26(24)18-25(20-10-6-5-7-11-20)23(4-2)28(27)21-12-8-9-13-21;1-3-7-12(8-4-1)11-13-9-5-2-6-10-13;/h5-12,14-18H,3-4,13H2,1-2H3;1-10H;. The molecule has 0 bridgehead atoms. The van der Waals surface area contributed by atoms with Gasteiger partial charge in [-0.25, -0.2) is 0 Å². The van der Waals surface area contributed by atoms with Crippen LogP contribution in [0.2, 0.25) is 0 Å². The van der Waals surface area contributed by atoms with Crippen molar-refractivity contribution in [3.05, 3.63) is 172 Å². The Morgan fingerprint density at radius 2 is 1.36 bits per heavy atom. The van der Waals surface area contributed by atoms with E-state index < -0.39 is 22.8 Å². The van der Waals surface area contributed by atoms with Gasteiger partial charge in [0, 0.05) is 0 Å². The van der Waals surface area contributed by atoms with Gasteiger partial charge >= 0.3 is 263 Å². The van der Waals surface area contributed by atoms with E-state index in [1.165, 1.54) is 55.6 Å². The summed E-state index contributed by atoms with van der Waals surface area (Å²) < 4.78 is 2.03. The van der Waals surface area contributed by atoms with Crippen LogP contribution in [0.4, 0.5) is 0 Å². The van der Waals surface area contributed by atoms with Crippen LogP contribution in [0.3, 0.4) is 0 Å². The summed E-state index contributed by atoms with van der Waals surface area (Å²) in [6.45, 7) is 4.63. The third kappa shape index (κ3) is 4.89. The van der Waals surface area contributed by atoms with Crippen molar-refractivity contribution < 1.29 is 22.8 Å². The number of benzene rings is 5. The van der Waals surface area contributed by atoms with E-state index in [1.807, 2.05) is 0 Å². The fraction of sp³-hybridized carbons (Fsp3) is 0.146. The van der Waals surface area contributed by atoms with Crippen LogP contribution in [-0.4, -0.2) is 3.21 Å². The van der Waals surface area contributed by atoms with Gasteiger partial charge in [0.25, 0.3) is 0 Å². The zero-order valence-electron chi connectivity index (χ0n) is 24.4. The molecule has 0 aliphatic heterocycles. The summed E-state index contributed by atoms with van der Waals surface area (Å²) in [6, 6.07) is 43.3. The summed E-state index contributed by atoms with van der Waals surface area (Å²) in [5.41, 5.74) is 17.5. The molecule has 0 fully saturated rings. The molecule has 0 N–H and O–H groups in total. The minimum absolute atomic E-state index is 0.451. The van der Waals surface area contributed by atoms with Crippen LogP contribution in [0.15, 0.2) is 133 Å². The van der Waals surface area contributed by atoms with E-state index in [0.717, 1.165) is 19.3 Å². The van der Waals surface area contributed by atoms with Crippen molar-refractivity contribution in [1.29, 1.82) is 0 Å². The van der Waals surface area contributed by atoms with Crippen LogP contribution in [0.25, 0.3) is 27.8 Å². The number of fused-ring (bicyclic) bond motifs is 3. The molecule has 2 aliphatic rings. The number of hydrogen-bond acceptors (Lipinski definition) is 0. The summed E-state index contributed by atoms with van der Waals surface area (Å²) in [5, 5.41) is 0. The number of hydrogen-bond donors (Lipinski definition) is 0. The van der Waals surface area contributed by atoms with Crippen LogP contribution < -0.4 is 0 Å². The number of aryl methyl sites for hydroxylation is 1. The van der Waals surface area contributed by atoms with Gasteiger partial charge in [-0.1, -0.05) is 0 Å². The van der Waals surface area contributed by atoms with E-state index in [1.54, 1.807) is 14.3 Å². The Morgan fingerprint density at radius 1 is 0.690 bits per heavy atom. The van der Waals surface area contributed by atoms with E-state index in [0.29, 0.717) is 3.63 Å². The molecule has 0 aromatic heterocycles. The molecule has 203 valence electrons. The van der Waals surface area contributed by atoms with Gasteiger partial charge in [0.05, 0.1) is 0 Å². The quantitative estimate of drug-likeness (QED) is 0.170. The van der Waals surface area contributed by atoms with Gasteiger partial charge < -0.3 is 0 Å². The fourth-order valence-electron chi connectivity index (χ4n) is 6.81. The maximum atomic E-state index is 2.55. The molecule has 0 saturated heterocycles. The molecule has 0 spiro atoms. The Balaban J connectivity index is 1.57. The summed E-state index contributed by atoms with van der Waals surface area (Å²) in [6.07, 6.45) is 10.1. The van der Waals surface area contributed by atoms with Gasteiger partial charge in [-0.3, -0.25) is 0 Å². The molecule has 2 aliphatic carbocycles. The molecule has 1 unspecified atom stereocenters. The molecule has 1 atom stereocenters. The van der Waals surface area contributed by atoms with Crippen LogP contribution in [0.1, 0.15) is 62.8 Å². The molecule has 0 heterocycles. The van der Waals surface area contributed by atoms with Gasteiger partial charge in [-0.05, 0) is 0 Å². The number of allylic oxidation sites excluding steroid dienone is 4. The Bertz CT molecular complexity index is 1800. The van der Waals surface area contributed by atoms with E-state index in [-0.39, 0.29) is 0 Å². The fourth-order valence-corrected chi connectivity index (χ4v) is 11.2. The Kier molecular flexibility index (Phi) is 7.71. The monoisotopic (exact) mass is 617 g/mol. The third-order valence-electron chi connectivity index (χ3n) is 8.83.